The van der Waals surface area contributed by atoms with Crippen molar-refractivity contribution in [2.24, 2.45) is 9.98 Å². The van der Waals surface area contributed by atoms with E-state index in [-0.39, 0.29) is 11.5 Å². The number of nitrogens with zero attached hydrogens (tertiary/aromatic N) is 2. The Morgan fingerprint density at radius 3 is 1.55 bits per heavy atom. The second-order valence-corrected chi connectivity index (χ2v) is 6.27. The third-order valence-electron chi connectivity index (χ3n) is 2.77. The molecule has 0 aliphatic carbocycles. The topological polar surface area (TPSA) is 70.8 Å². The Kier molecular flexibility index (Phi) is 6.15. The monoisotopic (exact) mass is 422 g/mol. The number of hydrogen-bond acceptors (Lipinski definition) is 4. The number of rotatable bonds is 5. The molecule has 0 radical (unpaired) electrons. The van der Waals surface area contributed by atoms with Crippen LogP contribution in [0, 0.1) is 0 Å². The molecule has 2 rings (SSSR count). The zero-order valence-corrected chi connectivity index (χ0v) is 14.7. The SMILES string of the molecule is [O-]c1cc(Br)ccc1C=NCCN=Cc1ccc(Br)cc1[O-]. The van der Waals surface area contributed by atoms with Crippen molar-refractivity contribution in [3.8, 4) is 11.5 Å². The lowest BCUT2D eigenvalue weighted by atomic mass is 10.2. The Labute approximate surface area is 145 Å². The fraction of sp³-hybridized carbons (Fsp3) is 0.125. The van der Waals surface area contributed by atoms with E-state index >= 15 is 0 Å². The third-order valence-corrected chi connectivity index (χ3v) is 3.76. The molecule has 0 unspecified atom stereocenters. The van der Waals surface area contributed by atoms with Crippen LogP contribution in [0.15, 0.2) is 55.3 Å². The van der Waals surface area contributed by atoms with Gasteiger partial charge >= 0.3 is 0 Å². The van der Waals surface area contributed by atoms with Gasteiger partial charge in [-0.15, -0.1) is 0 Å². The molecule has 0 saturated heterocycles. The second kappa shape index (κ2) is 8.10. The molecule has 6 heteroatoms. The number of benzene rings is 2. The van der Waals surface area contributed by atoms with Gasteiger partial charge in [0.25, 0.3) is 0 Å². The largest absolute Gasteiger partial charge is 0.872 e. The molecule has 2 aromatic rings. The summed E-state index contributed by atoms with van der Waals surface area (Å²) >= 11 is 6.48. The maximum atomic E-state index is 11.6. The van der Waals surface area contributed by atoms with Crippen LogP contribution in [0.5, 0.6) is 11.5 Å². The van der Waals surface area contributed by atoms with E-state index < -0.39 is 0 Å². The Balaban J connectivity index is 1.86. The maximum absolute atomic E-state index is 11.6. The van der Waals surface area contributed by atoms with E-state index in [1.165, 1.54) is 12.1 Å². The van der Waals surface area contributed by atoms with E-state index in [4.69, 9.17) is 0 Å². The lowest BCUT2D eigenvalue weighted by Crippen LogP contribution is -1.98. The van der Waals surface area contributed by atoms with E-state index in [0.717, 1.165) is 8.95 Å². The van der Waals surface area contributed by atoms with E-state index in [1.807, 2.05) is 0 Å². The molecule has 0 atom stereocenters. The molecule has 4 nitrogen and oxygen atoms in total. The van der Waals surface area contributed by atoms with Crippen LogP contribution >= 0.6 is 31.9 Å². The molecule has 2 aromatic carbocycles. The smallest absolute Gasteiger partial charge is 0.0585 e. The van der Waals surface area contributed by atoms with E-state index in [0.29, 0.717) is 24.2 Å². The van der Waals surface area contributed by atoms with Gasteiger partial charge < -0.3 is 10.2 Å². The fourth-order valence-corrected chi connectivity index (χ4v) is 2.35. The summed E-state index contributed by atoms with van der Waals surface area (Å²) in [6, 6.07) is 10.0. The zero-order valence-electron chi connectivity index (χ0n) is 11.5. The van der Waals surface area contributed by atoms with Gasteiger partial charge in [0, 0.05) is 21.4 Å². The first-order valence-corrected chi connectivity index (χ1v) is 8.07. The van der Waals surface area contributed by atoms with Crippen molar-refractivity contribution in [1.29, 1.82) is 0 Å². The minimum absolute atomic E-state index is 0.0764. The van der Waals surface area contributed by atoms with Crippen LogP contribution in [-0.4, -0.2) is 25.5 Å². The fourth-order valence-electron chi connectivity index (χ4n) is 1.67. The van der Waals surface area contributed by atoms with Crippen molar-refractivity contribution in [3.63, 3.8) is 0 Å². The van der Waals surface area contributed by atoms with E-state index in [1.54, 1.807) is 36.7 Å². The Morgan fingerprint density at radius 1 is 0.773 bits per heavy atom. The second-order valence-electron chi connectivity index (χ2n) is 4.43. The molecule has 0 amide bonds. The average Bonchev–Trinajstić information content (AvgIpc) is 2.46. The summed E-state index contributed by atoms with van der Waals surface area (Å²) in [7, 11) is 0. The van der Waals surface area contributed by atoms with Crippen LogP contribution in [-0.2, 0) is 0 Å². The van der Waals surface area contributed by atoms with Crippen molar-refractivity contribution in [2.75, 3.05) is 13.1 Å². The highest BCUT2D eigenvalue weighted by atomic mass is 79.9. The summed E-state index contributed by atoms with van der Waals surface area (Å²) in [6.07, 6.45) is 3.09. The summed E-state index contributed by atoms with van der Waals surface area (Å²) in [5.41, 5.74) is 1.09. The van der Waals surface area contributed by atoms with Gasteiger partial charge in [-0.05, 0) is 23.3 Å². The zero-order chi connectivity index (χ0) is 15.9. The lowest BCUT2D eigenvalue weighted by molar-refractivity contribution is -0.269. The molecule has 0 aromatic heterocycles. The highest BCUT2D eigenvalue weighted by molar-refractivity contribution is 9.10. The van der Waals surface area contributed by atoms with Crippen LogP contribution < -0.4 is 10.2 Å². The minimum Gasteiger partial charge on any atom is -0.872 e. The average molecular weight is 424 g/mol. The number of aliphatic imine (C=N–C) groups is 2. The Hall–Kier alpha value is -1.66. The predicted molar refractivity (Wildman–Crippen MR) is 92.1 cm³/mol. The van der Waals surface area contributed by atoms with Gasteiger partial charge in [0.1, 0.15) is 0 Å². The molecule has 0 N–H and O–H groups in total. The summed E-state index contributed by atoms with van der Waals surface area (Å²) in [4.78, 5) is 8.32. The molecule has 22 heavy (non-hydrogen) atoms. The third kappa shape index (κ3) is 4.96. The summed E-state index contributed by atoms with van der Waals surface area (Å²) < 4.78 is 1.50. The molecular weight excluding hydrogens is 412 g/mol. The first-order chi connectivity index (χ1) is 10.6. The van der Waals surface area contributed by atoms with Crippen molar-refractivity contribution in [1.82, 2.24) is 0 Å². The van der Waals surface area contributed by atoms with Crippen molar-refractivity contribution in [3.05, 3.63) is 56.5 Å². The Bertz CT molecular complexity index is 654. The van der Waals surface area contributed by atoms with Crippen LogP contribution in [0.25, 0.3) is 0 Å². The molecule has 0 saturated carbocycles. The molecular formula is C16H12Br2N2O2-2. The lowest BCUT2D eigenvalue weighted by Gasteiger charge is -2.09. The summed E-state index contributed by atoms with van der Waals surface area (Å²) in [6.45, 7) is 0.910. The van der Waals surface area contributed by atoms with Crippen LogP contribution in [0.2, 0.25) is 0 Å². The number of halogens is 2. The van der Waals surface area contributed by atoms with Gasteiger partial charge in [0.15, 0.2) is 0 Å². The standard InChI is InChI=1S/C16H14Br2N2O2/c17-13-3-1-11(15(21)7-13)9-19-5-6-20-10-12-2-4-14(18)8-16(12)22/h1-4,7-10,21-22H,5-6H2/p-2. The summed E-state index contributed by atoms with van der Waals surface area (Å²) in [5.74, 6) is -0.153. The van der Waals surface area contributed by atoms with Crippen LogP contribution in [0.1, 0.15) is 11.1 Å². The van der Waals surface area contributed by atoms with Gasteiger partial charge in [0.2, 0.25) is 0 Å². The first kappa shape index (κ1) is 16.7. The van der Waals surface area contributed by atoms with Crippen LogP contribution in [0.3, 0.4) is 0 Å². The number of hydrogen-bond donors (Lipinski definition) is 0. The molecule has 0 spiro atoms. The van der Waals surface area contributed by atoms with Crippen LogP contribution in [0.4, 0.5) is 0 Å². The molecule has 114 valence electrons. The normalized spacial score (nSPS) is 11.5. The highest BCUT2D eigenvalue weighted by Gasteiger charge is 1.92. The molecule has 0 bridgehead atoms. The summed E-state index contributed by atoms with van der Waals surface area (Å²) in [5, 5.41) is 23.2. The molecule has 0 aliphatic heterocycles. The molecule has 0 heterocycles. The van der Waals surface area contributed by atoms with Crippen molar-refractivity contribution < 1.29 is 10.2 Å². The van der Waals surface area contributed by atoms with Gasteiger partial charge in [-0.25, -0.2) is 0 Å². The quantitative estimate of drug-likeness (QED) is 0.547. The van der Waals surface area contributed by atoms with Crippen molar-refractivity contribution in [2.45, 2.75) is 0 Å². The maximum Gasteiger partial charge on any atom is 0.0585 e. The van der Waals surface area contributed by atoms with Gasteiger partial charge in [-0.1, -0.05) is 67.6 Å². The molecule has 0 fully saturated rings. The molecule has 0 aliphatic rings. The van der Waals surface area contributed by atoms with Crippen molar-refractivity contribution >= 4 is 44.3 Å². The predicted octanol–water partition coefficient (Wildman–Crippen LogP) is 2.90. The highest BCUT2D eigenvalue weighted by Crippen LogP contribution is 2.19. The van der Waals surface area contributed by atoms with Gasteiger partial charge in [-0.3, -0.25) is 9.98 Å². The van der Waals surface area contributed by atoms with Gasteiger partial charge in [-0.2, -0.15) is 0 Å². The van der Waals surface area contributed by atoms with Gasteiger partial charge in [0.05, 0.1) is 13.1 Å². The minimum atomic E-state index is -0.0764. The first-order valence-electron chi connectivity index (χ1n) is 6.49. The Morgan fingerprint density at radius 2 is 1.18 bits per heavy atom. The van der Waals surface area contributed by atoms with E-state index in [2.05, 4.69) is 41.8 Å². The van der Waals surface area contributed by atoms with E-state index in [9.17, 15) is 10.2 Å².